The lowest BCUT2D eigenvalue weighted by molar-refractivity contribution is -0.147. The zero-order chi connectivity index (χ0) is 15.5. The minimum Gasteiger partial charge on any atom is -0.493 e. The van der Waals surface area contributed by atoms with Crippen molar-refractivity contribution in [2.24, 2.45) is 0 Å². The molecule has 1 amide bonds. The molecule has 5 heteroatoms. The number of nitrogens with one attached hydrogen (secondary N) is 1. The molecule has 0 aromatic heterocycles. The van der Waals surface area contributed by atoms with Gasteiger partial charge in [0.05, 0.1) is 12.5 Å². The normalized spacial score (nSPS) is 19.8. The number of para-hydroxylation sites is 1. The van der Waals surface area contributed by atoms with E-state index < -0.39 is 11.5 Å². The molecule has 1 aromatic rings. The lowest BCUT2D eigenvalue weighted by Gasteiger charge is -2.30. The van der Waals surface area contributed by atoms with Gasteiger partial charge in [0.15, 0.2) is 0 Å². The Morgan fingerprint density at radius 2 is 2.14 bits per heavy atom. The first-order valence-electron chi connectivity index (χ1n) is 7.25. The molecule has 2 atom stereocenters. The summed E-state index contributed by atoms with van der Waals surface area (Å²) in [6.07, 6.45) is 1.65. The molecule has 114 valence electrons. The van der Waals surface area contributed by atoms with Gasteiger partial charge >= 0.3 is 5.97 Å². The molecule has 2 N–H and O–H groups in total. The fourth-order valence-electron chi connectivity index (χ4n) is 2.70. The highest BCUT2D eigenvalue weighted by atomic mass is 16.5. The van der Waals surface area contributed by atoms with Gasteiger partial charge in [-0.1, -0.05) is 31.5 Å². The first-order valence-corrected chi connectivity index (χ1v) is 7.25. The summed E-state index contributed by atoms with van der Waals surface area (Å²) < 4.78 is 5.53. The minimum atomic E-state index is -1.22. The molecule has 0 aliphatic carbocycles. The van der Waals surface area contributed by atoms with Gasteiger partial charge in [0, 0.05) is 5.56 Å². The average Bonchev–Trinajstić information content (AvgIpc) is 2.46. The number of rotatable bonds is 5. The number of amides is 1. The number of hydrogen-bond acceptors (Lipinski definition) is 3. The summed E-state index contributed by atoms with van der Waals surface area (Å²) in [6.45, 7) is 3.92. The molecule has 0 unspecified atom stereocenters. The molecule has 1 aliphatic heterocycles. The smallest absolute Gasteiger partial charge is 0.329 e. The van der Waals surface area contributed by atoms with Gasteiger partial charge in [-0.05, 0) is 25.8 Å². The summed E-state index contributed by atoms with van der Waals surface area (Å²) in [5.74, 6) is -0.899. The monoisotopic (exact) mass is 291 g/mol. The van der Waals surface area contributed by atoms with Crippen LogP contribution in [0.3, 0.4) is 0 Å². The number of carboxylic acid groups (broad SMARTS) is 1. The highest BCUT2D eigenvalue weighted by Crippen LogP contribution is 2.34. The third-order valence-electron chi connectivity index (χ3n) is 3.90. The van der Waals surface area contributed by atoms with Crippen LogP contribution in [0.25, 0.3) is 0 Å². The van der Waals surface area contributed by atoms with Crippen molar-refractivity contribution in [1.82, 2.24) is 5.32 Å². The van der Waals surface area contributed by atoms with E-state index in [0.29, 0.717) is 31.6 Å². The second-order valence-electron chi connectivity index (χ2n) is 5.60. The van der Waals surface area contributed by atoms with Gasteiger partial charge in [-0.2, -0.15) is 0 Å². The Kier molecular flexibility index (Phi) is 4.50. The zero-order valence-corrected chi connectivity index (χ0v) is 12.4. The van der Waals surface area contributed by atoms with E-state index in [2.05, 4.69) is 5.32 Å². The maximum absolute atomic E-state index is 12.5. The molecular formula is C16H21NO4. The Balaban J connectivity index is 2.20. The highest BCUT2D eigenvalue weighted by Gasteiger charge is 2.37. The van der Waals surface area contributed by atoms with E-state index in [1.165, 1.54) is 0 Å². The third kappa shape index (κ3) is 3.17. The van der Waals surface area contributed by atoms with Crippen molar-refractivity contribution in [3.8, 4) is 5.75 Å². The topological polar surface area (TPSA) is 75.6 Å². The highest BCUT2D eigenvalue weighted by molar-refractivity contribution is 5.90. The Bertz CT molecular complexity index is 543. The molecule has 1 heterocycles. The van der Waals surface area contributed by atoms with Crippen LogP contribution in [-0.4, -0.2) is 29.1 Å². The molecule has 0 fully saturated rings. The Morgan fingerprint density at radius 3 is 2.81 bits per heavy atom. The fourth-order valence-corrected chi connectivity index (χ4v) is 2.70. The third-order valence-corrected chi connectivity index (χ3v) is 3.90. The predicted octanol–water partition coefficient (Wildman–Crippen LogP) is 2.31. The van der Waals surface area contributed by atoms with Gasteiger partial charge in [-0.25, -0.2) is 4.79 Å². The number of carbonyl (C=O) groups is 2. The Hall–Kier alpha value is -2.04. The molecule has 0 radical (unpaired) electrons. The number of aliphatic carboxylic acids is 1. The van der Waals surface area contributed by atoms with Gasteiger partial charge < -0.3 is 15.2 Å². The van der Waals surface area contributed by atoms with Gasteiger partial charge in [0.2, 0.25) is 5.91 Å². The number of carboxylic acids is 1. The van der Waals surface area contributed by atoms with Crippen LogP contribution in [0.1, 0.15) is 44.6 Å². The first kappa shape index (κ1) is 15.4. The zero-order valence-electron chi connectivity index (χ0n) is 12.4. The Labute approximate surface area is 124 Å². The summed E-state index contributed by atoms with van der Waals surface area (Å²) in [4.78, 5) is 24.0. The van der Waals surface area contributed by atoms with Crippen LogP contribution >= 0.6 is 0 Å². The number of fused-ring (bicyclic) bond motifs is 1. The predicted molar refractivity (Wildman–Crippen MR) is 78.4 cm³/mol. The second kappa shape index (κ2) is 6.16. The van der Waals surface area contributed by atoms with E-state index >= 15 is 0 Å². The van der Waals surface area contributed by atoms with Gasteiger partial charge in [0.1, 0.15) is 11.3 Å². The summed E-state index contributed by atoms with van der Waals surface area (Å²) in [5, 5.41) is 12.1. The van der Waals surface area contributed by atoms with E-state index in [4.69, 9.17) is 4.74 Å². The molecule has 0 saturated carbocycles. The SMILES string of the molecule is CCC[C@@](C)(NC(=O)[C@H]1CCOc2ccccc21)C(=O)O. The van der Waals surface area contributed by atoms with Gasteiger partial charge in [0.25, 0.3) is 0 Å². The lowest BCUT2D eigenvalue weighted by Crippen LogP contribution is -2.53. The van der Waals surface area contributed by atoms with E-state index in [1.54, 1.807) is 6.92 Å². The summed E-state index contributed by atoms with van der Waals surface area (Å²) in [7, 11) is 0. The molecule has 2 rings (SSSR count). The van der Waals surface area contributed by atoms with Crippen molar-refractivity contribution in [1.29, 1.82) is 0 Å². The van der Waals surface area contributed by atoms with Crippen molar-refractivity contribution < 1.29 is 19.4 Å². The quantitative estimate of drug-likeness (QED) is 0.873. The van der Waals surface area contributed by atoms with Crippen LogP contribution in [0.4, 0.5) is 0 Å². The van der Waals surface area contributed by atoms with Crippen molar-refractivity contribution in [3.05, 3.63) is 29.8 Å². The van der Waals surface area contributed by atoms with Crippen LogP contribution in [0.2, 0.25) is 0 Å². The number of carbonyl (C=O) groups excluding carboxylic acids is 1. The van der Waals surface area contributed by atoms with Crippen LogP contribution < -0.4 is 10.1 Å². The molecule has 1 aromatic carbocycles. The maximum Gasteiger partial charge on any atom is 0.329 e. The summed E-state index contributed by atoms with van der Waals surface area (Å²) in [5.41, 5.74) is -0.399. The molecule has 0 saturated heterocycles. The fraction of sp³-hybridized carbons (Fsp3) is 0.500. The number of hydrogen-bond donors (Lipinski definition) is 2. The van der Waals surface area contributed by atoms with Gasteiger partial charge in [-0.15, -0.1) is 0 Å². The molecular weight excluding hydrogens is 270 g/mol. The molecule has 21 heavy (non-hydrogen) atoms. The van der Waals surface area contributed by atoms with Crippen LogP contribution in [0.15, 0.2) is 24.3 Å². The van der Waals surface area contributed by atoms with E-state index in [-0.39, 0.29) is 11.8 Å². The van der Waals surface area contributed by atoms with Crippen LogP contribution in [0.5, 0.6) is 5.75 Å². The Morgan fingerprint density at radius 1 is 1.43 bits per heavy atom. The summed E-state index contributed by atoms with van der Waals surface area (Å²) in [6, 6.07) is 7.40. The van der Waals surface area contributed by atoms with Crippen molar-refractivity contribution >= 4 is 11.9 Å². The van der Waals surface area contributed by atoms with E-state index in [1.807, 2.05) is 31.2 Å². The largest absolute Gasteiger partial charge is 0.493 e. The van der Waals surface area contributed by atoms with Crippen molar-refractivity contribution in [3.63, 3.8) is 0 Å². The van der Waals surface area contributed by atoms with Crippen molar-refractivity contribution in [2.45, 2.75) is 44.6 Å². The van der Waals surface area contributed by atoms with Crippen LogP contribution in [-0.2, 0) is 9.59 Å². The number of ether oxygens (including phenoxy) is 1. The summed E-state index contributed by atoms with van der Waals surface area (Å²) >= 11 is 0. The van der Waals surface area contributed by atoms with E-state index in [9.17, 15) is 14.7 Å². The standard InChI is InChI=1S/C16H21NO4/c1-3-9-16(2,15(19)20)17-14(18)12-8-10-21-13-7-5-4-6-11(12)13/h4-7,12H,3,8-10H2,1-2H3,(H,17,18)(H,19,20)/t12-,16+/m0/s1. The minimum absolute atomic E-state index is 0.246. The second-order valence-corrected chi connectivity index (χ2v) is 5.60. The maximum atomic E-state index is 12.5. The lowest BCUT2D eigenvalue weighted by atomic mass is 9.89. The average molecular weight is 291 g/mol. The molecule has 0 spiro atoms. The van der Waals surface area contributed by atoms with Gasteiger partial charge in [-0.3, -0.25) is 4.79 Å². The molecule has 0 bridgehead atoms. The molecule has 5 nitrogen and oxygen atoms in total. The first-order chi connectivity index (χ1) is 9.98. The number of benzene rings is 1. The van der Waals surface area contributed by atoms with E-state index in [0.717, 1.165) is 5.56 Å². The molecule has 1 aliphatic rings. The van der Waals surface area contributed by atoms with Crippen LogP contribution in [0, 0.1) is 0 Å². The van der Waals surface area contributed by atoms with Crippen molar-refractivity contribution in [2.75, 3.05) is 6.61 Å².